The molecule has 0 heterocycles. The summed E-state index contributed by atoms with van der Waals surface area (Å²) in [5.41, 5.74) is 4.50. The van der Waals surface area contributed by atoms with E-state index in [9.17, 15) is 35.2 Å². The molecule has 0 radical (unpaired) electrons. The molecule has 0 amide bonds. The standard InChI is InChI=1S/C12H13F5N2O4S/c1-11(2,18)5-6-3-8(14)9(4-7(6)13)24(21,22)19-23-10(20)12(15,16)17/h3-4,19H,5,18H2,1-2H3. The lowest BCUT2D eigenvalue weighted by Crippen LogP contribution is -2.35. The number of sulfonamides is 1. The molecule has 0 spiro atoms. The van der Waals surface area contributed by atoms with Gasteiger partial charge in [-0.25, -0.2) is 22.0 Å². The van der Waals surface area contributed by atoms with Gasteiger partial charge in [-0.1, -0.05) is 0 Å². The number of carbonyl (C=O) groups is 1. The summed E-state index contributed by atoms with van der Waals surface area (Å²) in [7, 11) is -5.07. The number of hydrogen-bond acceptors (Lipinski definition) is 5. The van der Waals surface area contributed by atoms with E-state index < -0.39 is 44.2 Å². The Morgan fingerprint density at radius 2 is 1.75 bits per heavy atom. The Hall–Kier alpha value is -1.79. The number of nitrogens with one attached hydrogen (secondary N) is 1. The zero-order valence-corrected chi connectivity index (χ0v) is 13.2. The van der Waals surface area contributed by atoms with E-state index >= 15 is 0 Å². The summed E-state index contributed by atoms with van der Waals surface area (Å²) >= 11 is 0. The molecule has 136 valence electrons. The number of halogens is 5. The van der Waals surface area contributed by atoms with E-state index in [2.05, 4.69) is 4.84 Å². The number of benzene rings is 1. The molecule has 0 saturated heterocycles. The van der Waals surface area contributed by atoms with Crippen LogP contribution in [0.3, 0.4) is 0 Å². The summed E-state index contributed by atoms with van der Waals surface area (Å²) < 4.78 is 86.8. The van der Waals surface area contributed by atoms with Gasteiger partial charge in [0.2, 0.25) is 0 Å². The van der Waals surface area contributed by atoms with Crippen molar-refractivity contribution in [2.45, 2.75) is 36.9 Å². The molecule has 0 aliphatic heterocycles. The molecule has 0 aromatic heterocycles. The van der Waals surface area contributed by atoms with Gasteiger partial charge < -0.3 is 10.6 Å². The highest BCUT2D eigenvalue weighted by Gasteiger charge is 2.42. The fourth-order valence-electron chi connectivity index (χ4n) is 1.60. The van der Waals surface area contributed by atoms with Crippen molar-refractivity contribution in [3.05, 3.63) is 29.3 Å². The number of carbonyl (C=O) groups excluding carboxylic acids is 1. The predicted molar refractivity (Wildman–Crippen MR) is 70.8 cm³/mol. The van der Waals surface area contributed by atoms with Crippen LogP contribution in [-0.4, -0.2) is 26.1 Å². The Bertz CT molecular complexity index is 741. The second kappa shape index (κ2) is 6.61. The first-order valence-electron chi connectivity index (χ1n) is 6.20. The van der Waals surface area contributed by atoms with E-state index in [1.54, 1.807) is 0 Å². The molecule has 12 heteroatoms. The van der Waals surface area contributed by atoms with Crippen LogP contribution in [0, 0.1) is 11.6 Å². The van der Waals surface area contributed by atoms with Gasteiger partial charge in [0.1, 0.15) is 16.5 Å². The van der Waals surface area contributed by atoms with Gasteiger partial charge in [0, 0.05) is 5.54 Å². The third-order valence-electron chi connectivity index (χ3n) is 2.51. The molecule has 24 heavy (non-hydrogen) atoms. The molecule has 0 unspecified atom stereocenters. The lowest BCUT2D eigenvalue weighted by molar-refractivity contribution is -0.203. The van der Waals surface area contributed by atoms with Gasteiger partial charge in [-0.15, -0.1) is 0 Å². The van der Waals surface area contributed by atoms with Crippen LogP contribution in [0.5, 0.6) is 0 Å². The summed E-state index contributed by atoms with van der Waals surface area (Å²) in [4.78, 5) is 13.2. The van der Waals surface area contributed by atoms with E-state index in [1.807, 2.05) is 0 Å². The van der Waals surface area contributed by atoms with Crippen LogP contribution in [0.1, 0.15) is 19.4 Å². The van der Waals surface area contributed by atoms with E-state index in [0.29, 0.717) is 6.07 Å². The highest BCUT2D eigenvalue weighted by molar-refractivity contribution is 7.89. The highest BCUT2D eigenvalue weighted by atomic mass is 32.2. The average Bonchev–Trinajstić information content (AvgIpc) is 2.37. The molecule has 1 rings (SSSR count). The Morgan fingerprint density at radius 3 is 2.21 bits per heavy atom. The van der Waals surface area contributed by atoms with Crippen LogP contribution in [0.2, 0.25) is 0 Å². The van der Waals surface area contributed by atoms with Crippen LogP contribution in [0.15, 0.2) is 17.0 Å². The van der Waals surface area contributed by atoms with E-state index in [0.717, 1.165) is 4.89 Å². The summed E-state index contributed by atoms with van der Waals surface area (Å²) in [5.74, 6) is -5.46. The van der Waals surface area contributed by atoms with E-state index in [-0.39, 0.29) is 18.1 Å². The lowest BCUT2D eigenvalue weighted by atomic mass is 9.96. The van der Waals surface area contributed by atoms with Gasteiger partial charge in [-0.2, -0.15) is 13.2 Å². The van der Waals surface area contributed by atoms with Gasteiger partial charge in [0.15, 0.2) is 0 Å². The minimum Gasteiger partial charge on any atom is -0.348 e. The quantitative estimate of drug-likeness (QED) is 0.600. The summed E-state index contributed by atoms with van der Waals surface area (Å²) in [5, 5.41) is 0. The number of hydrogen-bond donors (Lipinski definition) is 2. The maximum absolute atomic E-state index is 13.9. The van der Waals surface area contributed by atoms with Crippen molar-refractivity contribution in [3.63, 3.8) is 0 Å². The van der Waals surface area contributed by atoms with E-state index in [1.165, 1.54) is 13.8 Å². The third kappa shape index (κ3) is 5.39. The van der Waals surface area contributed by atoms with Crippen LogP contribution < -0.4 is 10.6 Å². The normalized spacial score (nSPS) is 13.0. The molecule has 1 aromatic carbocycles. The second-order valence-electron chi connectivity index (χ2n) is 5.51. The Balaban J connectivity index is 3.09. The number of rotatable bonds is 5. The van der Waals surface area contributed by atoms with Crippen LogP contribution in [0.25, 0.3) is 0 Å². The Morgan fingerprint density at radius 1 is 1.21 bits per heavy atom. The fraction of sp³-hybridized carbons (Fsp3) is 0.417. The number of nitrogens with two attached hydrogens (primary N) is 1. The summed E-state index contributed by atoms with van der Waals surface area (Å²) in [6, 6.07) is 0.796. The maximum Gasteiger partial charge on any atom is 0.492 e. The topological polar surface area (TPSA) is 98.5 Å². The molecule has 0 aliphatic carbocycles. The Kier molecular flexibility index (Phi) is 5.58. The van der Waals surface area contributed by atoms with Crippen molar-refractivity contribution in [2.24, 2.45) is 5.73 Å². The highest BCUT2D eigenvalue weighted by Crippen LogP contribution is 2.22. The van der Waals surface area contributed by atoms with Gasteiger partial charge in [0.25, 0.3) is 10.0 Å². The zero-order valence-electron chi connectivity index (χ0n) is 12.4. The van der Waals surface area contributed by atoms with Gasteiger partial charge >= 0.3 is 12.1 Å². The van der Waals surface area contributed by atoms with Crippen LogP contribution >= 0.6 is 0 Å². The average molecular weight is 376 g/mol. The van der Waals surface area contributed by atoms with Crippen molar-refractivity contribution in [1.29, 1.82) is 0 Å². The SMILES string of the molecule is CC(C)(N)Cc1cc(F)c(S(=O)(=O)NOC(=O)C(F)(F)F)cc1F. The monoisotopic (exact) mass is 376 g/mol. The molecule has 0 bridgehead atoms. The molecule has 1 aromatic rings. The fourth-order valence-corrected chi connectivity index (χ4v) is 2.45. The smallest absolute Gasteiger partial charge is 0.348 e. The molecule has 0 fully saturated rings. The second-order valence-corrected chi connectivity index (χ2v) is 7.13. The van der Waals surface area contributed by atoms with Crippen LogP contribution in [-0.2, 0) is 26.1 Å². The van der Waals surface area contributed by atoms with Gasteiger partial charge in [-0.3, -0.25) is 0 Å². The van der Waals surface area contributed by atoms with Gasteiger partial charge in [0.05, 0.1) is 0 Å². The molecule has 6 nitrogen and oxygen atoms in total. The summed E-state index contributed by atoms with van der Waals surface area (Å²) in [6.45, 7) is 3.04. The predicted octanol–water partition coefficient (Wildman–Crippen LogP) is 1.54. The zero-order chi connectivity index (χ0) is 18.9. The number of alkyl halides is 3. The maximum atomic E-state index is 13.9. The van der Waals surface area contributed by atoms with Crippen molar-refractivity contribution in [2.75, 3.05) is 0 Å². The van der Waals surface area contributed by atoms with Crippen LogP contribution in [0.4, 0.5) is 22.0 Å². The molecule has 3 N–H and O–H groups in total. The minimum atomic E-state index is -5.47. The molecular weight excluding hydrogens is 363 g/mol. The molecule has 0 atom stereocenters. The molecular formula is C12H13F5N2O4S. The minimum absolute atomic E-state index is 0.132. The first-order valence-corrected chi connectivity index (χ1v) is 7.68. The van der Waals surface area contributed by atoms with Crippen molar-refractivity contribution in [3.8, 4) is 0 Å². The lowest BCUT2D eigenvalue weighted by Gasteiger charge is -2.19. The van der Waals surface area contributed by atoms with Gasteiger partial charge in [-0.05, 0) is 42.8 Å². The van der Waals surface area contributed by atoms with E-state index in [4.69, 9.17) is 5.73 Å². The Labute approximate surface area is 133 Å². The van der Waals surface area contributed by atoms with Crippen molar-refractivity contribution >= 4 is 16.0 Å². The summed E-state index contributed by atoms with van der Waals surface area (Å²) in [6.07, 6.45) is -5.60. The first-order chi connectivity index (χ1) is 10.6. The van der Waals surface area contributed by atoms with Crippen molar-refractivity contribution in [1.82, 2.24) is 4.89 Å². The van der Waals surface area contributed by atoms with Crippen molar-refractivity contribution < 1.29 is 40.0 Å². The third-order valence-corrected chi connectivity index (χ3v) is 3.71. The molecule has 0 aliphatic rings. The molecule has 0 saturated carbocycles. The largest absolute Gasteiger partial charge is 0.492 e. The first kappa shape index (κ1) is 20.3.